The van der Waals surface area contributed by atoms with Crippen molar-refractivity contribution in [3.63, 3.8) is 0 Å². The fraction of sp³-hybridized carbons (Fsp3) is 0.909. The zero-order valence-electron chi connectivity index (χ0n) is 9.36. The quantitative estimate of drug-likeness (QED) is 0.743. The molecule has 0 aliphatic carbocycles. The van der Waals surface area contributed by atoms with E-state index < -0.39 is 6.10 Å². The first-order valence-electron chi connectivity index (χ1n) is 5.46. The van der Waals surface area contributed by atoms with E-state index in [0.29, 0.717) is 24.8 Å². The van der Waals surface area contributed by atoms with Crippen LogP contribution in [0.15, 0.2) is 0 Å². The third kappa shape index (κ3) is 2.98. The van der Waals surface area contributed by atoms with Gasteiger partial charge < -0.3 is 10.0 Å². The Balaban J connectivity index is 2.51. The van der Waals surface area contributed by atoms with Gasteiger partial charge in [0.25, 0.3) is 0 Å². The first kappa shape index (κ1) is 11.5. The number of hydrogen-bond donors (Lipinski definition) is 1. The van der Waals surface area contributed by atoms with Crippen LogP contribution in [0.1, 0.15) is 33.6 Å². The minimum atomic E-state index is -0.412. The maximum absolute atomic E-state index is 11.5. The number of aliphatic hydroxyl groups excluding tert-OH is 1. The Hall–Kier alpha value is -0.570. The molecule has 14 heavy (non-hydrogen) atoms. The van der Waals surface area contributed by atoms with E-state index in [9.17, 15) is 9.90 Å². The van der Waals surface area contributed by atoms with Gasteiger partial charge in [0.2, 0.25) is 5.91 Å². The number of β-amino-alcohol motifs (C(OH)–C–C–N with tert-alkyl or cyclic N) is 1. The maximum atomic E-state index is 11.5. The van der Waals surface area contributed by atoms with Crippen LogP contribution in [-0.4, -0.2) is 35.1 Å². The van der Waals surface area contributed by atoms with Crippen LogP contribution in [0.3, 0.4) is 0 Å². The standard InChI is InChI=1S/C11H21NO2/c1-8(2)10-4-5-11(14)12(7-10)6-9(3)13/h8-10,13H,4-7H2,1-3H3. The van der Waals surface area contributed by atoms with Crippen molar-refractivity contribution in [1.82, 2.24) is 4.90 Å². The molecule has 0 aromatic rings. The Kier molecular flexibility index (Phi) is 3.93. The molecule has 1 fully saturated rings. The van der Waals surface area contributed by atoms with Gasteiger partial charge in [0.15, 0.2) is 0 Å². The van der Waals surface area contributed by atoms with E-state index in [-0.39, 0.29) is 5.91 Å². The predicted octanol–water partition coefficient (Wildman–Crippen LogP) is 1.26. The lowest BCUT2D eigenvalue weighted by molar-refractivity contribution is -0.136. The topological polar surface area (TPSA) is 40.5 Å². The average molecular weight is 199 g/mol. The summed E-state index contributed by atoms with van der Waals surface area (Å²) in [5.74, 6) is 1.42. The second kappa shape index (κ2) is 4.78. The summed E-state index contributed by atoms with van der Waals surface area (Å²) in [6.45, 7) is 7.43. The van der Waals surface area contributed by atoms with E-state index in [2.05, 4.69) is 13.8 Å². The first-order valence-corrected chi connectivity index (χ1v) is 5.46. The normalized spacial score (nSPS) is 25.6. The fourth-order valence-corrected chi connectivity index (χ4v) is 1.98. The first-order chi connectivity index (χ1) is 6.50. The second-order valence-corrected chi connectivity index (χ2v) is 4.69. The largest absolute Gasteiger partial charge is 0.392 e. The van der Waals surface area contributed by atoms with Gasteiger partial charge in [-0.1, -0.05) is 13.8 Å². The van der Waals surface area contributed by atoms with Gasteiger partial charge in [-0.25, -0.2) is 0 Å². The summed E-state index contributed by atoms with van der Waals surface area (Å²) in [6.07, 6.45) is 1.24. The number of carbonyl (C=O) groups is 1. The third-order valence-corrected chi connectivity index (χ3v) is 2.96. The average Bonchev–Trinajstić information content (AvgIpc) is 2.07. The van der Waals surface area contributed by atoms with E-state index in [1.165, 1.54) is 0 Å². The van der Waals surface area contributed by atoms with Crippen molar-refractivity contribution in [1.29, 1.82) is 0 Å². The lowest BCUT2D eigenvalue weighted by Crippen LogP contribution is -2.44. The summed E-state index contributed by atoms with van der Waals surface area (Å²) in [4.78, 5) is 13.3. The SMILES string of the molecule is CC(O)CN1CC(C(C)C)CCC1=O. The van der Waals surface area contributed by atoms with Crippen LogP contribution in [0.2, 0.25) is 0 Å². The molecule has 1 rings (SSSR count). The third-order valence-electron chi connectivity index (χ3n) is 2.96. The molecule has 0 radical (unpaired) electrons. The van der Waals surface area contributed by atoms with Gasteiger partial charge in [-0.05, 0) is 25.2 Å². The zero-order valence-corrected chi connectivity index (χ0v) is 9.36. The Morgan fingerprint density at radius 3 is 2.64 bits per heavy atom. The summed E-state index contributed by atoms with van der Waals surface area (Å²) in [5.41, 5.74) is 0. The van der Waals surface area contributed by atoms with Gasteiger partial charge >= 0.3 is 0 Å². The minimum Gasteiger partial charge on any atom is -0.392 e. The molecule has 1 saturated heterocycles. The highest BCUT2D eigenvalue weighted by Gasteiger charge is 2.27. The minimum absolute atomic E-state index is 0.197. The molecule has 3 nitrogen and oxygen atoms in total. The number of nitrogens with zero attached hydrogens (tertiary/aromatic N) is 1. The van der Waals surface area contributed by atoms with E-state index in [0.717, 1.165) is 13.0 Å². The molecule has 2 atom stereocenters. The van der Waals surface area contributed by atoms with Crippen LogP contribution in [0, 0.1) is 11.8 Å². The van der Waals surface area contributed by atoms with Gasteiger partial charge in [0, 0.05) is 19.5 Å². The Morgan fingerprint density at radius 2 is 2.14 bits per heavy atom. The molecule has 1 aliphatic heterocycles. The zero-order chi connectivity index (χ0) is 10.7. The molecule has 0 saturated carbocycles. The van der Waals surface area contributed by atoms with Crippen LogP contribution in [0.25, 0.3) is 0 Å². The number of rotatable bonds is 3. The number of likely N-dealkylation sites (tertiary alicyclic amines) is 1. The highest BCUT2D eigenvalue weighted by Crippen LogP contribution is 2.24. The summed E-state index contributed by atoms with van der Waals surface area (Å²) in [7, 11) is 0. The summed E-state index contributed by atoms with van der Waals surface area (Å²) in [6, 6.07) is 0. The van der Waals surface area contributed by atoms with Crippen molar-refractivity contribution in [3.05, 3.63) is 0 Å². The molecule has 3 heteroatoms. The summed E-state index contributed by atoms with van der Waals surface area (Å²) >= 11 is 0. The van der Waals surface area contributed by atoms with Crippen molar-refractivity contribution in [2.24, 2.45) is 11.8 Å². The molecule has 1 N–H and O–H groups in total. The summed E-state index contributed by atoms with van der Waals surface area (Å²) < 4.78 is 0. The van der Waals surface area contributed by atoms with Gasteiger partial charge in [0.05, 0.1) is 6.10 Å². The van der Waals surface area contributed by atoms with Gasteiger partial charge in [0.1, 0.15) is 0 Å². The lowest BCUT2D eigenvalue weighted by atomic mass is 9.87. The number of aliphatic hydroxyl groups is 1. The molecular weight excluding hydrogens is 178 g/mol. The monoisotopic (exact) mass is 199 g/mol. The van der Waals surface area contributed by atoms with E-state index in [1.807, 2.05) is 0 Å². The molecule has 0 bridgehead atoms. The molecule has 2 unspecified atom stereocenters. The molecule has 0 spiro atoms. The van der Waals surface area contributed by atoms with Crippen LogP contribution in [-0.2, 0) is 4.79 Å². The fourth-order valence-electron chi connectivity index (χ4n) is 1.98. The molecule has 1 heterocycles. The van der Waals surface area contributed by atoms with Gasteiger partial charge in [-0.3, -0.25) is 4.79 Å². The van der Waals surface area contributed by atoms with Gasteiger partial charge in [-0.15, -0.1) is 0 Å². The Labute approximate surface area is 86.1 Å². The van der Waals surface area contributed by atoms with E-state index in [1.54, 1.807) is 11.8 Å². The molecule has 1 aliphatic rings. The number of piperidine rings is 1. The summed E-state index contributed by atoms with van der Waals surface area (Å²) in [5, 5.41) is 9.25. The van der Waals surface area contributed by atoms with Crippen molar-refractivity contribution < 1.29 is 9.90 Å². The van der Waals surface area contributed by atoms with Crippen molar-refractivity contribution in [3.8, 4) is 0 Å². The van der Waals surface area contributed by atoms with Crippen molar-refractivity contribution in [2.45, 2.75) is 39.7 Å². The Morgan fingerprint density at radius 1 is 1.50 bits per heavy atom. The highest BCUT2D eigenvalue weighted by atomic mass is 16.3. The molecule has 0 aromatic carbocycles. The van der Waals surface area contributed by atoms with Crippen LogP contribution in [0.4, 0.5) is 0 Å². The van der Waals surface area contributed by atoms with Gasteiger partial charge in [-0.2, -0.15) is 0 Å². The van der Waals surface area contributed by atoms with Crippen LogP contribution >= 0.6 is 0 Å². The Bertz CT molecular complexity index is 201. The molecule has 82 valence electrons. The molecular formula is C11H21NO2. The smallest absolute Gasteiger partial charge is 0.222 e. The number of carbonyl (C=O) groups excluding carboxylic acids is 1. The van der Waals surface area contributed by atoms with Crippen LogP contribution in [0.5, 0.6) is 0 Å². The lowest BCUT2D eigenvalue weighted by Gasteiger charge is -2.35. The van der Waals surface area contributed by atoms with Crippen molar-refractivity contribution >= 4 is 5.91 Å². The number of hydrogen-bond acceptors (Lipinski definition) is 2. The molecule has 0 aromatic heterocycles. The maximum Gasteiger partial charge on any atom is 0.222 e. The predicted molar refractivity (Wildman–Crippen MR) is 55.8 cm³/mol. The molecule has 1 amide bonds. The second-order valence-electron chi connectivity index (χ2n) is 4.69. The number of amides is 1. The van der Waals surface area contributed by atoms with Crippen LogP contribution < -0.4 is 0 Å². The van der Waals surface area contributed by atoms with E-state index in [4.69, 9.17) is 0 Å². The van der Waals surface area contributed by atoms with E-state index >= 15 is 0 Å². The highest BCUT2D eigenvalue weighted by molar-refractivity contribution is 5.77. The van der Waals surface area contributed by atoms with Crippen molar-refractivity contribution in [2.75, 3.05) is 13.1 Å².